The number of aryl methyl sites for hydroxylation is 1. The lowest BCUT2D eigenvalue weighted by Crippen LogP contribution is -2.31. The molecular weight excluding hydrogens is 382 g/mol. The predicted octanol–water partition coefficient (Wildman–Crippen LogP) is 4.25. The number of nitrogens with zero attached hydrogens (tertiary/aromatic N) is 1. The first kappa shape index (κ1) is 17.7. The Morgan fingerprint density at radius 3 is 2.93 bits per heavy atom. The van der Waals surface area contributed by atoms with E-state index in [1.165, 1.54) is 23.3 Å². The molecule has 27 heavy (non-hydrogen) atoms. The average Bonchev–Trinajstić information content (AvgIpc) is 3.29. The summed E-state index contributed by atoms with van der Waals surface area (Å²) in [5.74, 6) is -0.494. The normalized spacial score (nSPS) is 15.8. The van der Waals surface area contributed by atoms with E-state index < -0.39 is 5.92 Å². The monoisotopic (exact) mass is 399 g/mol. The number of hydrogen-bond donors (Lipinski definition) is 2. The summed E-state index contributed by atoms with van der Waals surface area (Å²) in [7, 11) is 1.54. The molecule has 0 bridgehead atoms. The van der Waals surface area contributed by atoms with Crippen molar-refractivity contribution in [2.75, 3.05) is 17.7 Å². The van der Waals surface area contributed by atoms with E-state index in [0.717, 1.165) is 16.1 Å². The lowest BCUT2D eigenvalue weighted by atomic mass is 9.89. The van der Waals surface area contributed by atoms with Gasteiger partial charge in [-0.15, -0.1) is 22.7 Å². The highest BCUT2D eigenvalue weighted by Gasteiger charge is 2.32. The van der Waals surface area contributed by atoms with Gasteiger partial charge in [0.2, 0.25) is 11.8 Å². The van der Waals surface area contributed by atoms with Gasteiger partial charge < -0.3 is 15.4 Å². The van der Waals surface area contributed by atoms with Crippen molar-refractivity contribution in [1.82, 2.24) is 4.98 Å². The maximum absolute atomic E-state index is 12.9. The fraction of sp³-hybridized carbons (Fsp3) is 0.211. The van der Waals surface area contributed by atoms with Gasteiger partial charge in [0, 0.05) is 16.7 Å². The van der Waals surface area contributed by atoms with Gasteiger partial charge >= 0.3 is 0 Å². The molecular formula is C19H17N3O3S2. The quantitative estimate of drug-likeness (QED) is 0.687. The average molecular weight is 399 g/mol. The highest BCUT2D eigenvalue weighted by Crippen LogP contribution is 2.39. The van der Waals surface area contributed by atoms with Crippen molar-refractivity contribution in [3.8, 4) is 16.3 Å². The molecule has 0 radical (unpaired) electrons. The SMILES string of the molecule is COc1cccc2c1NC(=O)CC2C(=O)Nc1nc(-c2ccc(C)s2)cs1. The third-order valence-electron chi connectivity index (χ3n) is 4.35. The first-order valence-corrected chi connectivity index (χ1v) is 10.0. The van der Waals surface area contributed by atoms with Crippen molar-refractivity contribution in [2.24, 2.45) is 0 Å². The van der Waals surface area contributed by atoms with Crippen LogP contribution in [-0.4, -0.2) is 23.9 Å². The molecule has 3 aromatic rings. The van der Waals surface area contributed by atoms with Crippen LogP contribution in [0.1, 0.15) is 22.8 Å². The number of amides is 2. The molecule has 8 heteroatoms. The number of methoxy groups -OCH3 is 1. The summed E-state index contributed by atoms with van der Waals surface area (Å²) >= 11 is 3.03. The lowest BCUT2D eigenvalue weighted by Gasteiger charge is -2.25. The summed E-state index contributed by atoms with van der Waals surface area (Å²) in [6.45, 7) is 2.04. The van der Waals surface area contributed by atoms with Crippen molar-refractivity contribution < 1.29 is 14.3 Å². The summed E-state index contributed by atoms with van der Waals surface area (Å²) in [6.07, 6.45) is 0.0916. The van der Waals surface area contributed by atoms with Gasteiger partial charge in [0.25, 0.3) is 0 Å². The minimum Gasteiger partial charge on any atom is -0.495 e. The molecule has 1 unspecified atom stereocenters. The summed E-state index contributed by atoms with van der Waals surface area (Å²) in [4.78, 5) is 31.7. The number of rotatable bonds is 4. The number of hydrogen-bond acceptors (Lipinski definition) is 6. The number of thiophene rings is 1. The van der Waals surface area contributed by atoms with Crippen LogP contribution < -0.4 is 15.4 Å². The molecule has 1 aliphatic rings. The molecule has 138 valence electrons. The van der Waals surface area contributed by atoms with Gasteiger partial charge in [-0.25, -0.2) is 4.98 Å². The number of carbonyl (C=O) groups is 2. The molecule has 1 aromatic carbocycles. The molecule has 0 spiro atoms. The minimum atomic E-state index is -0.583. The number of carbonyl (C=O) groups excluding carboxylic acids is 2. The maximum atomic E-state index is 12.9. The molecule has 4 rings (SSSR count). The molecule has 1 atom stereocenters. The minimum absolute atomic E-state index is 0.0916. The Bertz CT molecular complexity index is 1020. The van der Waals surface area contributed by atoms with Gasteiger partial charge in [0.15, 0.2) is 5.13 Å². The molecule has 1 aliphatic heterocycles. The molecule has 2 amide bonds. The zero-order chi connectivity index (χ0) is 19.0. The number of para-hydroxylation sites is 1. The molecule has 3 heterocycles. The fourth-order valence-electron chi connectivity index (χ4n) is 3.07. The predicted molar refractivity (Wildman–Crippen MR) is 108 cm³/mol. The van der Waals surface area contributed by atoms with Crippen LogP contribution in [0.15, 0.2) is 35.7 Å². The smallest absolute Gasteiger partial charge is 0.234 e. The highest BCUT2D eigenvalue weighted by molar-refractivity contribution is 7.17. The van der Waals surface area contributed by atoms with E-state index >= 15 is 0 Å². The summed E-state index contributed by atoms with van der Waals surface area (Å²) in [6, 6.07) is 9.48. The summed E-state index contributed by atoms with van der Waals surface area (Å²) in [5, 5.41) is 8.11. The number of nitrogens with one attached hydrogen (secondary N) is 2. The third kappa shape index (κ3) is 3.45. The number of fused-ring (bicyclic) bond motifs is 1. The van der Waals surface area contributed by atoms with Gasteiger partial charge in [-0.05, 0) is 30.7 Å². The molecule has 6 nitrogen and oxygen atoms in total. The Labute approximate surface area is 164 Å². The Kier molecular flexibility index (Phi) is 4.67. The topological polar surface area (TPSA) is 80.3 Å². The van der Waals surface area contributed by atoms with E-state index in [4.69, 9.17) is 4.74 Å². The first-order chi connectivity index (χ1) is 13.0. The zero-order valence-electron chi connectivity index (χ0n) is 14.7. The Morgan fingerprint density at radius 2 is 2.19 bits per heavy atom. The number of benzene rings is 1. The molecule has 0 saturated heterocycles. The number of thiazole rings is 1. The van der Waals surface area contributed by atoms with Crippen LogP contribution in [0, 0.1) is 6.92 Å². The molecule has 0 saturated carbocycles. The van der Waals surface area contributed by atoms with Gasteiger partial charge in [-0.3, -0.25) is 9.59 Å². The van der Waals surface area contributed by atoms with Crippen LogP contribution in [-0.2, 0) is 9.59 Å². The summed E-state index contributed by atoms with van der Waals surface area (Å²) in [5.41, 5.74) is 2.15. The van der Waals surface area contributed by atoms with E-state index in [9.17, 15) is 9.59 Å². The van der Waals surface area contributed by atoms with Crippen molar-refractivity contribution in [1.29, 1.82) is 0 Å². The number of anilines is 2. The molecule has 0 fully saturated rings. The van der Waals surface area contributed by atoms with Crippen LogP contribution in [0.25, 0.3) is 10.6 Å². The van der Waals surface area contributed by atoms with Crippen LogP contribution in [0.5, 0.6) is 5.75 Å². The van der Waals surface area contributed by atoms with Crippen molar-refractivity contribution in [3.05, 3.63) is 46.2 Å². The van der Waals surface area contributed by atoms with Gasteiger partial charge in [0.1, 0.15) is 5.75 Å². The molecule has 2 N–H and O–H groups in total. The maximum Gasteiger partial charge on any atom is 0.234 e. The number of aromatic nitrogens is 1. The van der Waals surface area contributed by atoms with Crippen LogP contribution >= 0.6 is 22.7 Å². The lowest BCUT2D eigenvalue weighted by molar-refractivity contribution is -0.123. The highest BCUT2D eigenvalue weighted by atomic mass is 32.1. The van der Waals surface area contributed by atoms with Crippen molar-refractivity contribution in [2.45, 2.75) is 19.3 Å². The van der Waals surface area contributed by atoms with E-state index in [2.05, 4.69) is 15.6 Å². The van der Waals surface area contributed by atoms with Crippen molar-refractivity contribution >= 4 is 45.3 Å². The van der Waals surface area contributed by atoms with Gasteiger partial charge in [0.05, 0.1) is 29.3 Å². The largest absolute Gasteiger partial charge is 0.495 e. The Balaban J connectivity index is 1.57. The second kappa shape index (κ2) is 7.13. The van der Waals surface area contributed by atoms with Gasteiger partial charge in [-0.1, -0.05) is 12.1 Å². The second-order valence-electron chi connectivity index (χ2n) is 6.17. The van der Waals surface area contributed by atoms with E-state index in [1.54, 1.807) is 17.4 Å². The summed E-state index contributed by atoms with van der Waals surface area (Å²) < 4.78 is 5.31. The van der Waals surface area contributed by atoms with Crippen LogP contribution in [0.4, 0.5) is 10.8 Å². The van der Waals surface area contributed by atoms with Crippen LogP contribution in [0.2, 0.25) is 0 Å². The van der Waals surface area contributed by atoms with Crippen LogP contribution in [0.3, 0.4) is 0 Å². The van der Waals surface area contributed by atoms with Crippen molar-refractivity contribution in [3.63, 3.8) is 0 Å². The van der Waals surface area contributed by atoms with E-state index in [0.29, 0.717) is 16.6 Å². The Hall–Kier alpha value is -2.71. The van der Waals surface area contributed by atoms with E-state index in [-0.39, 0.29) is 18.2 Å². The standard InChI is InChI=1S/C19H17N3O3S2/c1-10-6-7-15(27-10)13-9-26-19(20-13)22-18(24)12-8-16(23)21-17-11(12)4-3-5-14(17)25-2/h3-7,9,12H,8H2,1-2H3,(H,21,23)(H,20,22,24). The first-order valence-electron chi connectivity index (χ1n) is 8.35. The Morgan fingerprint density at radius 1 is 1.33 bits per heavy atom. The molecule has 0 aliphatic carbocycles. The van der Waals surface area contributed by atoms with E-state index in [1.807, 2.05) is 36.6 Å². The third-order valence-corrected chi connectivity index (χ3v) is 6.13. The molecule has 2 aromatic heterocycles. The second-order valence-corrected chi connectivity index (χ2v) is 8.31. The fourth-order valence-corrected chi connectivity index (χ4v) is 4.69. The zero-order valence-corrected chi connectivity index (χ0v) is 16.4. The number of ether oxygens (including phenoxy) is 1. The van der Waals surface area contributed by atoms with Gasteiger partial charge in [-0.2, -0.15) is 0 Å².